The van der Waals surface area contributed by atoms with Gasteiger partial charge in [-0.2, -0.15) is 0 Å². The third-order valence-electron chi connectivity index (χ3n) is 4.19. The molecule has 1 amide bonds. The summed E-state index contributed by atoms with van der Waals surface area (Å²) in [6.07, 6.45) is 0. The van der Waals surface area contributed by atoms with Crippen LogP contribution in [0.1, 0.15) is 27.4 Å². The summed E-state index contributed by atoms with van der Waals surface area (Å²) in [6, 6.07) is 25.2. The number of nitrogens with one attached hydrogen (secondary N) is 1. The molecule has 5 N–H and O–H groups in total. The minimum absolute atomic E-state index is 0.0707. The van der Waals surface area contributed by atoms with Crippen molar-refractivity contribution in [3.05, 3.63) is 95.6 Å². The van der Waals surface area contributed by atoms with Gasteiger partial charge in [0.15, 0.2) is 0 Å². The van der Waals surface area contributed by atoms with Gasteiger partial charge < -0.3 is 16.8 Å². The van der Waals surface area contributed by atoms with Crippen molar-refractivity contribution in [2.45, 2.75) is 5.92 Å². The van der Waals surface area contributed by atoms with Crippen molar-refractivity contribution in [2.75, 3.05) is 18.0 Å². The summed E-state index contributed by atoms with van der Waals surface area (Å²) in [7, 11) is 0. The van der Waals surface area contributed by atoms with Crippen LogP contribution in [0.5, 0.6) is 0 Å². The fourth-order valence-electron chi connectivity index (χ4n) is 2.88. The second-order valence-electron chi connectivity index (χ2n) is 5.93. The van der Waals surface area contributed by atoms with E-state index >= 15 is 0 Å². The molecular weight excluding hydrogens is 310 g/mol. The monoisotopic (exact) mass is 331 g/mol. The number of nitrogens with two attached hydrogens (primary N) is 2. The highest BCUT2D eigenvalue weighted by Gasteiger charge is 2.16. The van der Waals surface area contributed by atoms with Crippen LogP contribution < -0.4 is 16.8 Å². The fraction of sp³-hybridized carbons (Fsp3) is 0.0952. The smallest absolute Gasteiger partial charge is 0.253 e. The SMILES string of the molecule is Nc1ccc(C(=O)NCC(c2ccccc2)c2ccccc2)c(N)c1. The average molecular weight is 331 g/mol. The van der Waals surface area contributed by atoms with Crippen molar-refractivity contribution in [1.29, 1.82) is 0 Å². The molecule has 0 aromatic heterocycles. The molecule has 0 saturated carbocycles. The fourth-order valence-corrected chi connectivity index (χ4v) is 2.88. The van der Waals surface area contributed by atoms with Gasteiger partial charge in [-0.3, -0.25) is 4.79 Å². The molecule has 0 atom stereocenters. The number of carbonyl (C=O) groups is 1. The van der Waals surface area contributed by atoms with Gasteiger partial charge in [0, 0.05) is 23.8 Å². The van der Waals surface area contributed by atoms with Gasteiger partial charge >= 0.3 is 0 Å². The number of rotatable bonds is 5. The van der Waals surface area contributed by atoms with E-state index in [2.05, 4.69) is 29.6 Å². The van der Waals surface area contributed by atoms with Gasteiger partial charge in [-0.1, -0.05) is 60.7 Å². The topological polar surface area (TPSA) is 81.1 Å². The Hall–Kier alpha value is -3.27. The van der Waals surface area contributed by atoms with E-state index in [9.17, 15) is 4.79 Å². The number of amides is 1. The first-order chi connectivity index (χ1) is 12.1. The molecule has 0 spiro atoms. The minimum atomic E-state index is -0.200. The minimum Gasteiger partial charge on any atom is -0.399 e. The van der Waals surface area contributed by atoms with Gasteiger partial charge in [0.2, 0.25) is 0 Å². The van der Waals surface area contributed by atoms with E-state index in [-0.39, 0.29) is 11.8 Å². The first kappa shape index (κ1) is 16.6. The summed E-state index contributed by atoms with van der Waals surface area (Å²) in [4.78, 5) is 12.5. The van der Waals surface area contributed by atoms with E-state index in [1.54, 1.807) is 18.2 Å². The predicted molar refractivity (Wildman–Crippen MR) is 102 cm³/mol. The molecule has 0 fully saturated rings. The molecular formula is C21H21N3O. The van der Waals surface area contributed by atoms with Crippen LogP contribution in [0, 0.1) is 0 Å². The highest BCUT2D eigenvalue weighted by molar-refractivity contribution is 5.99. The van der Waals surface area contributed by atoms with Crippen molar-refractivity contribution < 1.29 is 4.79 Å². The van der Waals surface area contributed by atoms with Crippen molar-refractivity contribution in [3.63, 3.8) is 0 Å². The van der Waals surface area contributed by atoms with Crippen LogP contribution >= 0.6 is 0 Å². The quantitative estimate of drug-likeness (QED) is 0.627. The number of benzene rings is 3. The van der Waals surface area contributed by atoms with Gasteiger partial charge in [-0.05, 0) is 29.3 Å². The lowest BCUT2D eigenvalue weighted by atomic mass is 9.91. The largest absolute Gasteiger partial charge is 0.399 e. The maximum Gasteiger partial charge on any atom is 0.253 e. The summed E-state index contributed by atoms with van der Waals surface area (Å²) in [5, 5.41) is 3.00. The van der Waals surface area contributed by atoms with E-state index in [1.165, 1.54) is 0 Å². The Morgan fingerprint density at radius 3 is 1.92 bits per heavy atom. The summed E-state index contributed by atoms with van der Waals surface area (Å²) >= 11 is 0. The molecule has 3 aromatic rings. The molecule has 0 saturated heterocycles. The van der Waals surface area contributed by atoms with Gasteiger partial charge in [0.1, 0.15) is 0 Å². The van der Waals surface area contributed by atoms with E-state index in [4.69, 9.17) is 11.5 Å². The number of hydrogen-bond acceptors (Lipinski definition) is 3. The molecule has 0 heterocycles. The van der Waals surface area contributed by atoms with Crippen molar-refractivity contribution >= 4 is 17.3 Å². The first-order valence-corrected chi connectivity index (χ1v) is 8.18. The molecule has 0 unspecified atom stereocenters. The molecule has 0 bridgehead atoms. The molecule has 0 radical (unpaired) electrons. The zero-order valence-corrected chi connectivity index (χ0v) is 13.9. The Bertz CT molecular complexity index is 808. The predicted octanol–water partition coefficient (Wildman–Crippen LogP) is 3.41. The van der Waals surface area contributed by atoms with Gasteiger partial charge in [0.05, 0.1) is 5.56 Å². The lowest BCUT2D eigenvalue weighted by Gasteiger charge is -2.19. The Labute approximate surface area is 147 Å². The zero-order chi connectivity index (χ0) is 17.6. The molecule has 4 nitrogen and oxygen atoms in total. The molecule has 25 heavy (non-hydrogen) atoms. The van der Waals surface area contributed by atoms with E-state index in [0.717, 1.165) is 11.1 Å². The third kappa shape index (κ3) is 3.98. The van der Waals surface area contributed by atoms with E-state index in [1.807, 2.05) is 36.4 Å². The van der Waals surface area contributed by atoms with Crippen LogP contribution in [-0.4, -0.2) is 12.5 Å². The normalized spacial score (nSPS) is 10.6. The van der Waals surface area contributed by atoms with Gasteiger partial charge in [0.25, 0.3) is 5.91 Å². The van der Waals surface area contributed by atoms with Crippen LogP contribution in [0.25, 0.3) is 0 Å². The lowest BCUT2D eigenvalue weighted by molar-refractivity contribution is 0.0953. The third-order valence-corrected chi connectivity index (χ3v) is 4.19. The van der Waals surface area contributed by atoms with Crippen LogP contribution in [0.4, 0.5) is 11.4 Å². The molecule has 3 aromatic carbocycles. The van der Waals surface area contributed by atoms with Crippen LogP contribution in [0.3, 0.4) is 0 Å². The van der Waals surface area contributed by atoms with E-state index < -0.39 is 0 Å². The molecule has 126 valence electrons. The van der Waals surface area contributed by atoms with Crippen molar-refractivity contribution in [2.24, 2.45) is 0 Å². The van der Waals surface area contributed by atoms with Crippen LogP contribution in [-0.2, 0) is 0 Å². The first-order valence-electron chi connectivity index (χ1n) is 8.18. The number of hydrogen-bond donors (Lipinski definition) is 3. The second kappa shape index (κ2) is 7.53. The molecule has 3 rings (SSSR count). The van der Waals surface area contributed by atoms with Crippen LogP contribution in [0.2, 0.25) is 0 Å². The Kier molecular flexibility index (Phi) is 5.00. The highest BCUT2D eigenvalue weighted by atomic mass is 16.1. The number of anilines is 2. The summed E-state index contributed by atoms with van der Waals surface area (Å²) in [5.74, 6) is -0.129. The van der Waals surface area contributed by atoms with Crippen molar-refractivity contribution in [1.82, 2.24) is 5.32 Å². The van der Waals surface area contributed by atoms with Crippen LogP contribution in [0.15, 0.2) is 78.9 Å². The summed E-state index contributed by atoms with van der Waals surface area (Å²) in [5.41, 5.74) is 15.3. The molecule has 0 aliphatic rings. The average Bonchev–Trinajstić information content (AvgIpc) is 2.63. The number of carbonyl (C=O) groups excluding carboxylic acids is 1. The molecule has 0 aliphatic heterocycles. The van der Waals surface area contributed by atoms with Crippen molar-refractivity contribution in [3.8, 4) is 0 Å². The summed E-state index contributed by atoms with van der Waals surface area (Å²) < 4.78 is 0. The lowest BCUT2D eigenvalue weighted by Crippen LogP contribution is -2.29. The van der Waals surface area contributed by atoms with Gasteiger partial charge in [-0.25, -0.2) is 0 Å². The Balaban J connectivity index is 1.80. The number of nitrogen functional groups attached to an aromatic ring is 2. The Morgan fingerprint density at radius 1 is 0.840 bits per heavy atom. The highest BCUT2D eigenvalue weighted by Crippen LogP contribution is 2.24. The Morgan fingerprint density at radius 2 is 1.40 bits per heavy atom. The standard InChI is InChI=1S/C21H21N3O/c22-17-11-12-18(20(23)13-17)21(25)24-14-19(15-7-3-1-4-8-15)16-9-5-2-6-10-16/h1-13,19H,14,22-23H2,(H,24,25). The second-order valence-corrected chi connectivity index (χ2v) is 5.93. The van der Waals surface area contributed by atoms with E-state index in [0.29, 0.717) is 23.5 Å². The van der Waals surface area contributed by atoms with Gasteiger partial charge in [-0.15, -0.1) is 0 Å². The maximum absolute atomic E-state index is 12.5. The molecule has 0 aliphatic carbocycles. The maximum atomic E-state index is 12.5. The molecule has 4 heteroatoms. The zero-order valence-electron chi connectivity index (χ0n) is 13.9. The summed E-state index contributed by atoms with van der Waals surface area (Å²) in [6.45, 7) is 0.483.